The van der Waals surface area contributed by atoms with Gasteiger partial charge in [0, 0.05) is 5.92 Å². The number of hydrogen-bond donors (Lipinski definition) is 2. The zero-order chi connectivity index (χ0) is 16.3. The first-order valence-corrected chi connectivity index (χ1v) is 8.23. The van der Waals surface area contributed by atoms with Crippen LogP contribution in [0.1, 0.15) is 48.8 Å². The predicted octanol–water partition coefficient (Wildman–Crippen LogP) is 3.89. The fourth-order valence-electron chi connectivity index (χ4n) is 3.59. The van der Waals surface area contributed by atoms with E-state index < -0.39 is 11.5 Å². The van der Waals surface area contributed by atoms with Crippen molar-refractivity contribution >= 4 is 5.97 Å². The van der Waals surface area contributed by atoms with Gasteiger partial charge in [-0.1, -0.05) is 61.5 Å². The summed E-state index contributed by atoms with van der Waals surface area (Å²) in [6.45, 7) is 3.08. The van der Waals surface area contributed by atoms with Crippen LogP contribution in [0.4, 0.5) is 0 Å². The van der Waals surface area contributed by atoms with Gasteiger partial charge in [0.05, 0.1) is 12.0 Å². The van der Waals surface area contributed by atoms with Gasteiger partial charge < -0.3 is 10.4 Å². The van der Waals surface area contributed by atoms with Gasteiger partial charge in [0.2, 0.25) is 0 Å². The summed E-state index contributed by atoms with van der Waals surface area (Å²) in [5, 5.41) is 12.7. The molecule has 0 aliphatic carbocycles. The zero-order valence-corrected chi connectivity index (χ0v) is 13.5. The van der Waals surface area contributed by atoms with Crippen LogP contribution in [0.5, 0.6) is 0 Å². The van der Waals surface area contributed by atoms with E-state index in [9.17, 15) is 9.90 Å². The van der Waals surface area contributed by atoms with Crippen LogP contribution in [0, 0.1) is 0 Å². The Kier molecular flexibility index (Phi) is 4.49. The van der Waals surface area contributed by atoms with Crippen molar-refractivity contribution in [1.82, 2.24) is 5.32 Å². The molecule has 3 rings (SSSR count). The van der Waals surface area contributed by atoms with E-state index >= 15 is 0 Å². The highest BCUT2D eigenvalue weighted by atomic mass is 16.4. The van der Waals surface area contributed by atoms with Gasteiger partial charge >= 0.3 is 5.97 Å². The van der Waals surface area contributed by atoms with Gasteiger partial charge in [-0.2, -0.15) is 0 Å². The molecule has 2 aromatic carbocycles. The van der Waals surface area contributed by atoms with Gasteiger partial charge in [-0.3, -0.25) is 4.79 Å². The normalized spacial score (nSPS) is 22.0. The first-order chi connectivity index (χ1) is 11.1. The lowest BCUT2D eigenvalue weighted by atomic mass is 9.83. The molecular formula is C20H23NO2. The van der Waals surface area contributed by atoms with E-state index in [0.717, 1.165) is 24.9 Å². The summed E-state index contributed by atoms with van der Waals surface area (Å²) in [6.07, 6.45) is 2.04. The van der Waals surface area contributed by atoms with Crippen LogP contribution in [0.25, 0.3) is 0 Å². The molecular weight excluding hydrogens is 286 g/mol. The summed E-state index contributed by atoms with van der Waals surface area (Å²) < 4.78 is 0. The second-order valence-corrected chi connectivity index (χ2v) is 6.44. The third kappa shape index (κ3) is 3.30. The lowest BCUT2D eigenvalue weighted by Crippen LogP contribution is -2.38. The fourth-order valence-corrected chi connectivity index (χ4v) is 3.59. The molecule has 1 unspecified atom stereocenters. The minimum absolute atomic E-state index is 0.139. The summed E-state index contributed by atoms with van der Waals surface area (Å²) in [6, 6.07) is 18.9. The van der Waals surface area contributed by atoms with Crippen molar-refractivity contribution in [3.63, 3.8) is 0 Å². The average molecular weight is 309 g/mol. The van der Waals surface area contributed by atoms with Crippen LogP contribution in [-0.4, -0.2) is 17.6 Å². The molecule has 0 saturated carbocycles. The molecule has 0 radical (unpaired) electrons. The number of benzene rings is 2. The lowest BCUT2D eigenvalue weighted by molar-refractivity contribution is -0.138. The van der Waals surface area contributed by atoms with E-state index in [1.54, 1.807) is 0 Å². The Labute approximate surface area is 137 Å². The summed E-state index contributed by atoms with van der Waals surface area (Å²) in [4.78, 5) is 11.3. The monoisotopic (exact) mass is 309 g/mol. The molecule has 1 aliphatic rings. The van der Waals surface area contributed by atoms with E-state index in [1.165, 1.54) is 11.1 Å². The van der Waals surface area contributed by atoms with Crippen LogP contribution in [0.15, 0.2) is 54.6 Å². The van der Waals surface area contributed by atoms with E-state index in [0.29, 0.717) is 5.92 Å². The van der Waals surface area contributed by atoms with Crippen LogP contribution in [0.3, 0.4) is 0 Å². The zero-order valence-electron chi connectivity index (χ0n) is 13.5. The van der Waals surface area contributed by atoms with Gasteiger partial charge in [-0.15, -0.1) is 0 Å². The van der Waals surface area contributed by atoms with Crippen molar-refractivity contribution in [2.45, 2.75) is 37.6 Å². The Bertz CT molecular complexity index is 658. The summed E-state index contributed by atoms with van der Waals surface area (Å²) in [5.41, 5.74) is 3.23. The molecule has 1 fully saturated rings. The molecule has 23 heavy (non-hydrogen) atoms. The van der Waals surface area contributed by atoms with Crippen LogP contribution in [-0.2, 0) is 10.3 Å². The summed E-state index contributed by atoms with van der Waals surface area (Å²) >= 11 is 0. The number of nitrogens with one attached hydrogen (secondary N) is 1. The van der Waals surface area contributed by atoms with Gasteiger partial charge in [-0.25, -0.2) is 0 Å². The van der Waals surface area contributed by atoms with Gasteiger partial charge in [-0.05, 0) is 36.1 Å². The molecule has 120 valence electrons. The molecule has 1 aliphatic heterocycles. The van der Waals surface area contributed by atoms with Crippen molar-refractivity contribution in [3.8, 4) is 0 Å². The maximum atomic E-state index is 11.3. The Balaban J connectivity index is 1.85. The van der Waals surface area contributed by atoms with E-state index in [-0.39, 0.29) is 6.42 Å². The quantitative estimate of drug-likeness (QED) is 0.881. The molecule has 0 aromatic heterocycles. The molecule has 2 atom stereocenters. The Morgan fingerprint density at radius 3 is 2.35 bits per heavy atom. The number of carboxylic acid groups (broad SMARTS) is 1. The van der Waals surface area contributed by atoms with Gasteiger partial charge in [0.25, 0.3) is 0 Å². The molecule has 3 nitrogen and oxygen atoms in total. The van der Waals surface area contributed by atoms with Crippen molar-refractivity contribution < 1.29 is 9.90 Å². The van der Waals surface area contributed by atoms with Gasteiger partial charge in [0.1, 0.15) is 0 Å². The highest BCUT2D eigenvalue weighted by Gasteiger charge is 2.37. The largest absolute Gasteiger partial charge is 0.481 e. The molecule has 0 spiro atoms. The van der Waals surface area contributed by atoms with Crippen LogP contribution < -0.4 is 5.32 Å². The van der Waals surface area contributed by atoms with Crippen LogP contribution in [0.2, 0.25) is 0 Å². The van der Waals surface area contributed by atoms with Crippen molar-refractivity contribution in [2.24, 2.45) is 0 Å². The number of carbonyl (C=O) groups is 1. The van der Waals surface area contributed by atoms with E-state index in [2.05, 4.69) is 60.8 Å². The molecule has 3 heteroatoms. The molecule has 0 amide bonds. The molecule has 1 saturated heterocycles. The predicted molar refractivity (Wildman–Crippen MR) is 91.6 cm³/mol. The Morgan fingerprint density at radius 2 is 1.78 bits per heavy atom. The number of hydrogen-bond acceptors (Lipinski definition) is 2. The van der Waals surface area contributed by atoms with Crippen molar-refractivity contribution in [1.29, 1.82) is 0 Å². The fraction of sp³-hybridized carbons (Fsp3) is 0.350. The molecule has 2 aromatic rings. The van der Waals surface area contributed by atoms with Crippen molar-refractivity contribution in [2.75, 3.05) is 6.54 Å². The standard InChI is InChI=1S/C20H23NO2/c1-15(16-6-3-2-4-7-16)17-8-10-18(11-9-17)20(14-19(22)23)12-5-13-21-20/h2-4,6-11,15,21H,5,12-14H2,1H3,(H,22,23)/t15?,20-/m0/s1. The topological polar surface area (TPSA) is 49.3 Å². The first-order valence-electron chi connectivity index (χ1n) is 8.23. The lowest BCUT2D eigenvalue weighted by Gasteiger charge is -2.29. The minimum atomic E-state index is -0.749. The number of aliphatic carboxylic acids is 1. The smallest absolute Gasteiger partial charge is 0.305 e. The molecule has 1 heterocycles. The molecule has 0 bridgehead atoms. The van der Waals surface area contributed by atoms with E-state index in [1.807, 2.05) is 6.07 Å². The van der Waals surface area contributed by atoms with Crippen molar-refractivity contribution in [3.05, 3.63) is 71.3 Å². The van der Waals surface area contributed by atoms with Gasteiger partial charge in [0.15, 0.2) is 0 Å². The second-order valence-electron chi connectivity index (χ2n) is 6.44. The minimum Gasteiger partial charge on any atom is -0.481 e. The number of rotatable bonds is 5. The van der Waals surface area contributed by atoms with Crippen LogP contribution >= 0.6 is 0 Å². The maximum Gasteiger partial charge on any atom is 0.305 e. The maximum absolute atomic E-state index is 11.3. The Hall–Kier alpha value is -2.13. The third-order valence-corrected chi connectivity index (χ3v) is 4.96. The first kappa shape index (κ1) is 15.8. The number of carboxylic acids is 1. The third-order valence-electron chi connectivity index (χ3n) is 4.96. The van der Waals surface area contributed by atoms with E-state index in [4.69, 9.17) is 0 Å². The SMILES string of the molecule is CC(c1ccccc1)c1ccc([C@@]2(CC(=O)O)CCCN2)cc1. The highest BCUT2D eigenvalue weighted by Crippen LogP contribution is 2.35. The average Bonchev–Trinajstić information content (AvgIpc) is 3.04. The highest BCUT2D eigenvalue weighted by molar-refractivity contribution is 5.69. The Morgan fingerprint density at radius 1 is 1.13 bits per heavy atom. The molecule has 2 N–H and O–H groups in total. The summed E-state index contributed by atoms with van der Waals surface area (Å²) in [5.74, 6) is -0.418. The second kappa shape index (κ2) is 6.55. The summed E-state index contributed by atoms with van der Waals surface area (Å²) in [7, 11) is 0.